The molecule has 0 saturated carbocycles. The third-order valence-electron chi connectivity index (χ3n) is 6.50. The summed E-state index contributed by atoms with van der Waals surface area (Å²) >= 11 is 0. The minimum absolute atomic E-state index is 0.0405. The van der Waals surface area contributed by atoms with Crippen LogP contribution in [0.4, 0.5) is 15.8 Å². The fraction of sp³-hybridized carbons (Fsp3) is 0.286. The Morgan fingerprint density at radius 1 is 1.14 bits per heavy atom. The molecule has 190 valence electrons. The van der Waals surface area contributed by atoms with Crippen molar-refractivity contribution in [3.8, 4) is 22.6 Å². The topological polar surface area (TPSA) is 123 Å². The molecule has 5 rings (SSSR count). The van der Waals surface area contributed by atoms with Gasteiger partial charge in [0.2, 0.25) is 0 Å². The molecule has 1 saturated heterocycles. The van der Waals surface area contributed by atoms with E-state index < -0.39 is 5.82 Å². The van der Waals surface area contributed by atoms with Crippen molar-refractivity contribution in [2.75, 3.05) is 23.7 Å². The molecule has 0 radical (unpaired) electrons. The largest absolute Gasteiger partial charge is 0.397 e. The van der Waals surface area contributed by atoms with E-state index in [9.17, 15) is 9.18 Å². The summed E-state index contributed by atoms with van der Waals surface area (Å²) in [6.07, 6.45) is 5.51. The molecule has 0 spiro atoms. The highest BCUT2D eigenvalue weighted by atomic mass is 19.1. The number of nitrogens with zero attached hydrogens (tertiary/aromatic N) is 4. The number of hydrogen-bond donors (Lipinski definition) is 3. The third kappa shape index (κ3) is 5.08. The van der Waals surface area contributed by atoms with E-state index in [1.165, 1.54) is 18.2 Å². The Kier molecular flexibility index (Phi) is 6.71. The van der Waals surface area contributed by atoms with Crippen molar-refractivity contribution in [2.45, 2.75) is 38.8 Å². The summed E-state index contributed by atoms with van der Waals surface area (Å²) in [5, 5.41) is 3.75. The van der Waals surface area contributed by atoms with Crippen molar-refractivity contribution < 1.29 is 9.18 Å². The molecule has 1 aliphatic rings. The van der Waals surface area contributed by atoms with Crippen LogP contribution in [0.1, 0.15) is 37.0 Å². The van der Waals surface area contributed by atoms with Crippen molar-refractivity contribution in [3.05, 3.63) is 66.2 Å². The Morgan fingerprint density at radius 3 is 2.76 bits per heavy atom. The molecule has 8 nitrogen and oxygen atoms in total. The van der Waals surface area contributed by atoms with Gasteiger partial charge in [-0.2, -0.15) is 0 Å². The maximum absolute atomic E-state index is 14.9. The second-order valence-corrected chi connectivity index (χ2v) is 9.72. The van der Waals surface area contributed by atoms with Crippen LogP contribution in [0.5, 0.6) is 0 Å². The molecule has 1 aromatic carbocycles. The normalized spacial score (nSPS) is 15.8. The van der Waals surface area contributed by atoms with Crippen molar-refractivity contribution in [1.29, 1.82) is 0 Å². The van der Waals surface area contributed by atoms with E-state index in [-0.39, 0.29) is 23.6 Å². The number of halogens is 1. The van der Waals surface area contributed by atoms with Crippen molar-refractivity contribution in [1.82, 2.24) is 20.3 Å². The van der Waals surface area contributed by atoms with Crippen molar-refractivity contribution in [2.24, 2.45) is 5.73 Å². The first-order valence-corrected chi connectivity index (χ1v) is 12.4. The number of rotatable bonds is 5. The number of nitrogen functional groups attached to an aromatic ring is 1. The molecule has 1 aliphatic heterocycles. The number of fused-ring (bicyclic) bond motifs is 1. The van der Waals surface area contributed by atoms with E-state index >= 15 is 0 Å². The maximum Gasteiger partial charge on any atom is 0.251 e. The average molecular weight is 500 g/mol. The second-order valence-electron chi connectivity index (χ2n) is 9.72. The predicted molar refractivity (Wildman–Crippen MR) is 145 cm³/mol. The number of carbonyl (C=O) groups is 1. The lowest BCUT2D eigenvalue weighted by atomic mass is 10.0. The lowest BCUT2D eigenvalue weighted by Gasteiger charge is -2.33. The Labute approximate surface area is 214 Å². The second kappa shape index (κ2) is 10.1. The minimum Gasteiger partial charge on any atom is -0.397 e. The fourth-order valence-corrected chi connectivity index (χ4v) is 4.70. The highest BCUT2D eigenvalue weighted by Gasteiger charge is 2.20. The number of nitrogens with two attached hydrogens (primary N) is 2. The maximum atomic E-state index is 14.9. The Morgan fingerprint density at radius 2 is 1.97 bits per heavy atom. The predicted octanol–water partition coefficient (Wildman–Crippen LogP) is 4.15. The van der Waals surface area contributed by atoms with Crippen molar-refractivity contribution in [3.63, 3.8) is 0 Å². The van der Waals surface area contributed by atoms with Crippen LogP contribution in [-0.4, -0.2) is 46.0 Å². The Hall–Kier alpha value is -4.11. The van der Waals surface area contributed by atoms with E-state index in [0.29, 0.717) is 28.3 Å². The summed E-state index contributed by atoms with van der Waals surface area (Å²) < 4.78 is 14.9. The van der Waals surface area contributed by atoms with Gasteiger partial charge in [-0.3, -0.25) is 14.8 Å². The number of nitrogens with one attached hydrogen (secondary N) is 1. The summed E-state index contributed by atoms with van der Waals surface area (Å²) in [5.41, 5.74) is 16.6. The quantitative estimate of drug-likeness (QED) is 0.377. The first-order valence-electron chi connectivity index (χ1n) is 12.4. The van der Waals surface area contributed by atoms with Gasteiger partial charge in [-0.05, 0) is 69.2 Å². The Balaban J connectivity index is 1.56. The summed E-state index contributed by atoms with van der Waals surface area (Å²) in [6, 6.07) is 11.6. The van der Waals surface area contributed by atoms with Crippen LogP contribution < -0.4 is 21.7 Å². The number of carbonyl (C=O) groups excluding carboxylic acids is 1. The molecular formula is C28H30FN7O. The Bertz CT molecular complexity index is 1470. The molecule has 1 atom stereocenters. The van der Waals surface area contributed by atoms with Crippen molar-refractivity contribution >= 4 is 28.2 Å². The van der Waals surface area contributed by atoms with Crippen LogP contribution in [-0.2, 0) is 0 Å². The van der Waals surface area contributed by atoms with Crippen LogP contribution in [0, 0.1) is 5.82 Å². The average Bonchev–Trinajstić information content (AvgIpc) is 2.88. The lowest BCUT2D eigenvalue weighted by molar-refractivity contribution is 0.0943. The molecule has 4 heterocycles. The van der Waals surface area contributed by atoms with E-state index in [2.05, 4.69) is 25.2 Å². The molecule has 0 aliphatic carbocycles. The molecule has 4 aromatic rings. The molecule has 5 N–H and O–H groups in total. The van der Waals surface area contributed by atoms with Gasteiger partial charge in [0.15, 0.2) is 0 Å². The summed E-state index contributed by atoms with van der Waals surface area (Å²) in [5.74, 6) is -0.760. The molecule has 0 bridgehead atoms. The third-order valence-corrected chi connectivity index (χ3v) is 6.50. The number of pyridine rings is 3. The molecule has 1 unspecified atom stereocenters. The number of piperidine rings is 1. The monoisotopic (exact) mass is 499 g/mol. The number of amides is 1. The van der Waals surface area contributed by atoms with Crippen LogP contribution in [0.25, 0.3) is 33.5 Å². The van der Waals surface area contributed by atoms with Gasteiger partial charge >= 0.3 is 0 Å². The van der Waals surface area contributed by atoms with Crippen LogP contribution >= 0.6 is 0 Å². The first-order chi connectivity index (χ1) is 17.8. The molecule has 37 heavy (non-hydrogen) atoms. The van der Waals surface area contributed by atoms with Gasteiger partial charge in [-0.15, -0.1) is 0 Å². The van der Waals surface area contributed by atoms with Gasteiger partial charge in [0.05, 0.1) is 28.8 Å². The van der Waals surface area contributed by atoms with E-state index in [0.717, 1.165) is 42.5 Å². The number of benzene rings is 1. The summed E-state index contributed by atoms with van der Waals surface area (Å²) in [6.45, 7) is 5.42. The van der Waals surface area contributed by atoms with E-state index in [4.69, 9.17) is 11.5 Å². The molecular weight excluding hydrogens is 469 g/mol. The molecule has 1 fully saturated rings. The molecule has 1 amide bonds. The highest BCUT2D eigenvalue weighted by molar-refractivity contribution is 5.96. The molecule has 9 heteroatoms. The summed E-state index contributed by atoms with van der Waals surface area (Å²) in [7, 11) is 0. The van der Waals surface area contributed by atoms with Crippen LogP contribution in [0.15, 0.2) is 54.9 Å². The van der Waals surface area contributed by atoms with E-state index in [1.54, 1.807) is 24.5 Å². The minimum atomic E-state index is -0.483. The van der Waals surface area contributed by atoms with Gasteiger partial charge < -0.3 is 21.7 Å². The fourth-order valence-electron chi connectivity index (χ4n) is 4.70. The number of anilines is 2. The zero-order valence-electron chi connectivity index (χ0n) is 20.9. The van der Waals surface area contributed by atoms with Gasteiger partial charge in [-0.25, -0.2) is 9.37 Å². The van der Waals surface area contributed by atoms with Crippen LogP contribution in [0.2, 0.25) is 0 Å². The highest BCUT2D eigenvalue weighted by Crippen LogP contribution is 2.33. The van der Waals surface area contributed by atoms with Gasteiger partial charge in [0.25, 0.3) is 5.91 Å². The zero-order valence-corrected chi connectivity index (χ0v) is 20.9. The smallest absolute Gasteiger partial charge is 0.251 e. The van der Waals surface area contributed by atoms with Crippen LogP contribution in [0.3, 0.4) is 0 Å². The standard InChI is InChI=1S/C28H30FN7O/c1-16(2)34-28(37)17-5-6-21(29)19(12-17)23-8-7-22(31)27(35-23)24-13-20-25(14-33-24)32-10-9-26(20)36-11-3-4-18(30)15-36/h5-10,12-14,16,18H,3-4,11,15,30-31H2,1-2H3,(H,34,37). The zero-order chi connectivity index (χ0) is 26.1. The van der Waals surface area contributed by atoms with Gasteiger partial charge in [0, 0.05) is 53.6 Å². The van der Waals surface area contributed by atoms with E-state index in [1.807, 2.05) is 26.0 Å². The number of hydrogen-bond acceptors (Lipinski definition) is 7. The van der Waals surface area contributed by atoms with Gasteiger partial charge in [-0.1, -0.05) is 0 Å². The number of aromatic nitrogens is 3. The van der Waals surface area contributed by atoms with Gasteiger partial charge in [0.1, 0.15) is 11.5 Å². The SMILES string of the molecule is CC(C)NC(=O)c1ccc(F)c(-c2ccc(N)c(-c3cc4c(N5CCCC(N)C5)ccnc4cn3)n2)c1. The first kappa shape index (κ1) is 24.6. The molecule has 3 aromatic heterocycles. The lowest BCUT2D eigenvalue weighted by Crippen LogP contribution is -2.42. The summed E-state index contributed by atoms with van der Waals surface area (Å²) in [4.78, 5) is 28.5.